The molecule has 0 bridgehead atoms. The monoisotopic (exact) mass is 446 g/mol. The number of anilines is 1. The summed E-state index contributed by atoms with van der Waals surface area (Å²) in [4.78, 5) is 12.2. The molecular formula is C19H18F4N2O6. The fourth-order valence-corrected chi connectivity index (χ4v) is 2.87. The summed E-state index contributed by atoms with van der Waals surface area (Å²) in [5.74, 6) is 0.383. The number of halogens is 4. The molecule has 12 heteroatoms. The van der Waals surface area contributed by atoms with Gasteiger partial charge in [-0.25, -0.2) is 9.53 Å². The third-order valence-corrected chi connectivity index (χ3v) is 4.20. The van der Waals surface area contributed by atoms with Crippen molar-refractivity contribution in [3.05, 3.63) is 41.5 Å². The summed E-state index contributed by atoms with van der Waals surface area (Å²) in [6.07, 6.45) is -8.77. The van der Waals surface area contributed by atoms with Crippen LogP contribution in [0.4, 0.5) is 28.0 Å². The highest BCUT2D eigenvalue weighted by atomic mass is 19.3. The topological polar surface area (TPSA) is 87.3 Å². The Morgan fingerprint density at radius 1 is 1.00 bits per heavy atom. The molecule has 0 saturated carbocycles. The number of nitrogens with one attached hydrogen (secondary N) is 2. The van der Waals surface area contributed by atoms with Crippen LogP contribution in [0, 0.1) is 0 Å². The fraction of sp³-hybridized carbons (Fsp3) is 0.316. The maximum absolute atomic E-state index is 13.8. The lowest BCUT2D eigenvalue weighted by atomic mass is 10.1. The van der Waals surface area contributed by atoms with Gasteiger partial charge in [-0.1, -0.05) is 0 Å². The first kappa shape index (κ1) is 22.3. The van der Waals surface area contributed by atoms with E-state index in [0.29, 0.717) is 22.8 Å². The molecule has 0 unspecified atom stereocenters. The van der Waals surface area contributed by atoms with E-state index in [1.54, 1.807) is 12.1 Å². The van der Waals surface area contributed by atoms with Gasteiger partial charge in [0, 0.05) is 12.2 Å². The molecular weight excluding hydrogens is 428 g/mol. The van der Waals surface area contributed by atoms with Gasteiger partial charge < -0.3 is 29.6 Å². The maximum Gasteiger partial charge on any atom is 0.540 e. The van der Waals surface area contributed by atoms with Crippen molar-refractivity contribution in [3.8, 4) is 23.0 Å². The molecule has 8 nitrogen and oxygen atoms in total. The third kappa shape index (κ3) is 4.85. The number of amides is 2. The SMILES string of the molecule is COc1cc(CNC(=O)Nc2ccc3c(c2)C(F)(F)OC(F)(F)O3)cc(OC)c1OC. The zero-order chi connectivity index (χ0) is 22.8. The number of hydrogen-bond acceptors (Lipinski definition) is 6. The van der Waals surface area contributed by atoms with E-state index in [4.69, 9.17) is 14.2 Å². The molecule has 2 aromatic rings. The van der Waals surface area contributed by atoms with Crippen LogP contribution in [0.2, 0.25) is 0 Å². The van der Waals surface area contributed by atoms with Crippen LogP contribution in [0.3, 0.4) is 0 Å². The number of fused-ring (bicyclic) bond motifs is 1. The highest BCUT2D eigenvalue weighted by Gasteiger charge is 2.54. The average molecular weight is 446 g/mol. The number of rotatable bonds is 6. The Morgan fingerprint density at radius 3 is 2.23 bits per heavy atom. The first-order chi connectivity index (χ1) is 14.6. The Bertz CT molecular complexity index is 961. The zero-order valence-electron chi connectivity index (χ0n) is 16.6. The van der Waals surface area contributed by atoms with E-state index in [-0.39, 0.29) is 12.2 Å². The normalized spacial score (nSPS) is 15.8. The van der Waals surface area contributed by atoms with E-state index in [2.05, 4.69) is 20.1 Å². The molecule has 2 aromatic carbocycles. The second-order valence-electron chi connectivity index (χ2n) is 6.24. The van der Waals surface area contributed by atoms with Gasteiger partial charge in [0.15, 0.2) is 11.5 Å². The zero-order valence-corrected chi connectivity index (χ0v) is 16.6. The molecule has 1 aliphatic rings. The summed E-state index contributed by atoms with van der Waals surface area (Å²) >= 11 is 0. The van der Waals surface area contributed by atoms with Crippen molar-refractivity contribution in [2.24, 2.45) is 0 Å². The largest absolute Gasteiger partial charge is 0.540 e. The molecule has 0 aromatic heterocycles. The van der Waals surface area contributed by atoms with Gasteiger partial charge in [-0.2, -0.15) is 8.78 Å². The van der Waals surface area contributed by atoms with Gasteiger partial charge in [0.1, 0.15) is 5.75 Å². The second-order valence-corrected chi connectivity index (χ2v) is 6.24. The van der Waals surface area contributed by atoms with Crippen LogP contribution in [-0.4, -0.2) is 33.7 Å². The molecule has 1 heterocycles. The lowest BCUT2D eigenvalue weighted by Crippen LogP contribution is -2.41. The van der Waals surface area contributed by atoms with Gasteiger partial charge in [-0.15, -0.1) is 8.78 Å². The van der Waals surface area contributed by atoms with Crippen LogP contribution < -0.4 is 29.6 Å². The third-order valence-electron chi connectivity index (χ3n) is 4.20. The Morgan fingerprint density at radius 2 is 1.65 bits per heavy atom. The van der Waals surface area contributed by atoms with E-state index in [9.17, 15) is 22.4 Å². The lowest BCUT2D eigenvalue weighted by molar-refractivity contribution is -0.461. The van der Waals surface area contributed by atoms with Gasteiger partial charge in [-0.05, 0) is 35.9 Å². The molecule has 168 valence electrons. The van der Waals surface area contributed by atoms with Crippen molar-refractivity contribution in [1.82, 2.24) is 5.32 Å². The molecule has 0 atom stereocenters. The van der Waals surface area contributed by atoms with Crippen LogP contribution in [0.25, 0.3) is 0 Å². The number of carbonyl (C=O) groups is 1. The number of urea groups is 1. The summed E-state index contributed by atoms with van der Waals surface area (Å²) in [5.41, 5.74) is -0.426. The standard InChI is InChI=1S/C19H18F4N2O6/c1-27-14-6-10(7-15(28-2)16(14)29-3)9-24-17(26)25-11-4-5-13-12(8-11)18(20,21)31-19(22,23)30-13/h4-8H,9H2,1-3H3,(H2,24,25,26). The molecule has 0 radical (unpaired) electrons. The Labute approximate surface area is 174 Å². The summed E-state index contributed by atoms with van der Waals surface area (Å²) in [6, 6.07) is 5.30. The lowest BCUT2D eigenvalue weighted by Gasteiger charge is -2.30. The highest BCUT2D eigenvalue weighted by Crippen LogP contribution is 2.46. The van der Waals surface area contributed by atoms with Crippen molar-refractivity contribution >= 4 is 11.7 Å². The first-order valence-corrected chi connectivity index (χ1v) is 8.71. The predicted molar refractivity (Wildman–Crippen MR) is 99.0 cm³/mol. The molecule has 0 spiro atoms. The number of benzene rings is 2. The molecule has 1 aliphatic heterocycles. The first-order valence-electron chi connectivity index (χ1n) is 8.71. The van der Waals surface area contributed by atoms with Gasteiger partial charge in [0.25, 0.3) is 0 Å². The molecule has 2 amide bonds. The minimum atomic E-state index is -4.47. The van der Waals surface area contributed by atoms with E-state index in [1.807, 2.05) is 0 Å². The van der Waals surface area contributed by atoms with Gasteiger partial charge in [0.2, 0.25) is 5.75 Å². The second kappa shape index (κ2) is 8.38. The van der Waals surface area contributed by atoms with E-state index >= 15 is 0 Å². The van der Waals surface area contributed by atoms with Gasteiger partial charge in [0.05, 0.1) is 26.9 Å². The summed E-state index contributed by atoms with van der Waals surface area (Å²) in [5, 5.41) is 4.86. The van der Waals surface area contributed by atoms with Crippen molar-refractivity contribution < 1.29 is 46.0 Å². The van der Waals surface area contributed by atoms with Crippen molar-refractivity contribution in [1.29, 1.82) is 0 Å². The van der Waals surface area contributed by atoms with Crippen LogP contribution in [0.15, 0.2) is 30.3 Å². The number of hydrogen-bond donors (Lipinski definition) is 2. The van der Waals surface area contributed by atoms with Crippen LogP contribution in [0.1, 0.15) is 11.1 Å². The Balaban J connectivity index is 1.70. The fourth-order valence-electron chi connectivity index (χ4n) is 2.87. The number of carbonyl (C=O) groups excluding carboxylic acids is 1. The molecule has 0 aliphatic carbocycles. The summed E-state index contributed by atoms with van der Waals surface area (Å²) in [7, 11) is 4.33. The average Bonchev–Trinajstić information content (AvgIpc) is 2.70. The van der Waals surface area contributed by atoms with Crippen molar-refractivity contribution in [2.75, 3.05) is 26.6 Å². The molecule has 2 N–H and O–H groups in total. The Hall–Kier alpha value is -3.41. The molecule has 3 rings (SSSR count). The molecule has 31 heavy (non-hydrogen) atoms. The van der Waals surface area contributed by atoms with Crippen LogP contribution >= 0.6 is 0 Å². The quantitative estimate of drug-likeness (QED) is 0.652. The van der Waals surface area contributed by atoms with E-state index < -0.39 is 29.7 Å². The minimum Gasteiger partial charge on any atom is -0.493 e. The van der Waals surface area contributed by atoms with Crippen molar-refractivity contribution in [3.63, 3.8) is 0 Å². The van der Waals surface area contributed by atoms with E-state index in [1.165, 1.54) is 21.3 Å². The van der Waals surface area contributed by atoms with Gasteiger partial charge in [-0.3, -0.25) is 0 Å². The number of methoxy groups -OCH3 is 3. The van der Waals surface area contributed by atoms with E-state index in [0.717, 1.165) is 18.2 Å². The summed E-state index contributed by atoms with van der Waals surface area (Å²) in [6.45, 7) is 0.0299. The Kier molecular flexibility index (Phi) is 6.02. The number of ether oxygens (including phenoxy) is 5. The number of alkyl halides is 4. The van der Waals surface area contributed by atoms with Gasteiger partial charge >= 0.3 is 18.4 Å². The maximum atomic E-state index is 13.8. The predicted octanol–water partition coefficient (Wildman–Crippen LogP) is 4.04. The molecule has 0 fully saturated rings. The van der Waals surface area contributed by atoms with Crippen LogP contribution in [-0.2, 0) is 17.4 Å². The highest BCUT2D eigenvalue weighted by molar-refractivity contribution is 5.89. The minimum absolute atomic E-state index is 0.0299. The smallest absolute Gasteiger partial charge is 0.493 e. The van der Waals surface area contributed by atoms with Crippen molar-refractivity contribution in [2.45, 2.75) is 18.9 Å². The summed E-state index contributed by atoms with van der Waals surface area (Å²) < 4.78 is 77.0. The van der Waals surface area contributed by atoms with Crippen LogP contribution in [0.5, 0.6) is 23.0 Å². The molecule has 0 saturated heterocycles.